The second kappa shape index (κ2) is 5.64. The number of hydrogen-bond donors (Lipinski definition) is 2. The lowest BCUT2D eigenvalue weighted by molar-refractivity contribution is 0.0405. The summed E-state index contributed by atoms with van der Waals surface area (Å²) in [4.78, 5) is 6.60. The van der Waals surface area contributed by atoms with Crippen LogP contribution in [0, 0.1) is 5.82 Å². The molecular formula is C16H19FN6O. The van der Waals surface area contributed by atoms with Crippen LogP contribution in [-0.4, -0.2) is 48.1 Å². The zero-order valence-electron chi connectivity index (χ0n) is 13.4. The number of H-pyrrole nitrogens is 1. The molecule has 2 aromatic heterocycles. The lowest BCUT2D eigenvalue weighted by Gasteiger charge is -2.21. The maximum Gasteiger partial charge on any atom is 0.151 e. The summed E-state index contributed by atoms with van der Waals surface area (Å²) < 4.78 is 16.0. The number of aliphatic hydroxyl groups is 1. The van der Waals surface area contributed by atoms with Crippen molar-refractivity contribution >= 4 is 11.0 Å². The van der Waals surface area contributed by atoms with Gasteiger partial charge in [0.1, 0.15) is 22.6 Å². The molecule has 0 aliphatic carbocycles. The molecule has 0 saturated carbocycles. The van der Waals surface area contributed by atoms with Gasteiger partial charge in [-0.3, -0.25) is 4.90 Å². The van der Waals surface area contributed by atoms with E-state index in [1.54, 1.807) is 12.3 Å². The topological polar surface area (TPSA) is 82.9 Å². The number of hydrogen-bond acceptors (Lipinski definition) is 5. The minimum atomic E-state index is -0.999. The van der Waals surface area contributed by atoms with E-state index in [2.05, 4.69) is 25.3 Å². The molecule has 1 fully saturated rings. The van der Waals surface area contributed by atoms with E-state index in [1.165, 1.54) is 6.07 Å². The van der Waals surface area contributed by atoms with Crippen LogP contribution in [0.4, 0.5) is 4.39 Å². The number of fused-ring (bicyclic) bond motifs is 1. The van der Waals surface area contributed by atoms with Gasteiger partial charge in [-0.05, 0) is 25.5 Å². The Kier molecular flexibility index (Phi) is 3.58. The van der Waals surface area contributed by atoms with Gasteiger partial charge in [-0.2, -0.15) is 15.4 Å². The van der Waals surface area contributed by atoms with E-state index in [4.69, 9.17) is 0 Å². The molecule has 126 valence electrons. The third-order valence-electron chi connectivity index (χ3n) is 4.71. The largest absolute Gasteiger partial charge is 0.382 e. The van der Waals surface area contributed by atoms with Crippen molar-refractivity contribution in [1.82, 2.24) is 29.9 Å². The summed E-state index contributed by atoms with van der Waals surface area (Å²) in [5.41, 5.74) is 0.764. The van der Waals surface area contributed by atoms with Gasteiger partial charge in [0.2, 0.25) is 0 Å². The van der Waals surface area contributed by atoms with E-state index in [-0.39, 0.29) is 5.82 Å². The van der Waals surface area contributed by atoms with E-state index >= 15 is 0 Å². The molecule has 1 unspecified atom stereocenters. The van der Waals surface area contributed by atoms with Gasteiger partial charge in [0.15, 0.2) is 5.82 Å². The SMILES string of the molecule is CCn1c(CN2CCC(O)(c3cn[nH]n3)C2)nc2c(F)cccc21. The first-order valence-electron chi connectivity index (χ1n) is 8.05. The molecular weight excluding hydrogens is 311 g/mol. The summed E-state index contributed by atoms with van der Waals surface area (Å²) in [6.07, 6.45) is 2.14. The molecule has 0 amide bonds. The van der Waals surface area contributed by atoms with Crippen LogP contribution in [0.5, 0.6) is 0 Å². The minimum Gasteiger partial charge on any atom is -0.382 e. The number of rotatable bonds is 4. The third-order valence-corrected chi connectivity index (χ3v) is 4.71. The van der Waals surface area contributed by atoms with E-state index in [0.29, 0.717) is 30.7 Å². The van der Waals surface area contributed by atoms with Crippen molar-refractivity contribution in [2.75, 3.05) is 13.1 Å². The van der Waals surface area contributed by atoms with Gasteiger partial charge in [-0.25, -0.2) is 9.37 Å². The Bertz CT molecular complexity index is 861. The van der Waals surface area contributed by atoms with E-state index in [1.807, 2.05) is 17.6 Å². The lowest BCUT2D eigenvalue weighted by atomic mass is 10.0. The van der Waals surface area contributed by atoms with Crippen LogP contribution in [0.15, 0.2) is 24.4 Å². The Balaban J connectivity index is 1.60. The zero-order chi connectivity index (χ0) is 16.7. The number of aryl methyl sites for hydroxylation is 1. The van der Waals surface area contributed by atoms with Crippen LogP contribution in [0.3, 0.4) is 0 Å². The molecule has 0 radical (unpaired) electrons. The summed E-state index contributed by atoms with van der Waals surface area (Å²) in [6, 6.07) is 5.01. The van der Waals surface area contributed by atoms with Crippen molar-refractivity contribution < 1.29 is 9.50 Å². The third kappa shape index (κ3) is 2.38. The molecule has 1 atom stereocenters. The summed E-state index contributed by atoms with van der Waals surface area (Å²) >= 11 is 0. The Hall–Kier alpha value is -2.32. The molecule has 1 aromatic carbocycles. The fraction of sp³-hybridized carbons (Fsp3) is 0.438. The average molecular weight is 330 g/mol. The Morgan fingerprint density at radius 3 is 3.04 bits per heavy atom. The van der Waals surface area contributed by atoms with Crippen LogP contribution in [0.1, 0.15) is 24.9 Å². The quantitative estimate of drug-likeness (QED) is 0.756. The maximum atomic E-state index is 14.0. The molecule has 24 heavy (non-hydrogen) atoms. The Morgan fingerprint density at radius 2 is 2.29 bits per heavy atom. The highest BCUT2D eigenvalue weighted by Crippen LogP contribution is 2.31. The molecule has 0 spiro atoms. The van der Waals surface area contributed by atoms with Gasteiger partial charge in [0.05, 0.1) is 18.3 Å². The summed E-state index contributed by atoms with van der Waals surface area (Å²) in [5.74, 6) is 0.503. The number of β-amino-alcohol motifs (C(OH)–C–C–N with tert-alkyl or cyclic N) is 1. The smallest absolute Gasteiger partial charge is 0.151 e. The number of likely N-dealkylation sites (tertiary alicyclic amines) is 1. The minimum absolute atomic E-state index is 0.304. The van der Waals surface area contributed by atoms with Crippen LogP contribution < -0.4 is 0 Å². The highest BCUT2D eigenvalue weighted by molar-refractivity contribution is 5.76. The zero-order valence-corrected chi connectivity index (χ0v) is 13.4. The second-order valence-electron chi connectivity index (χ2n) is 6.23. The number of halogens is 1. The lowest BCUT2D eigenvalue weighted by Crippen LogP contribution is -2.31. The molecule has 7 nitrogen and oxygen atoms in total. The van der Waals surface area contributed by atoms with Crippen LogP contribution in [0.25, 0.3) is 11.0 Å². The number of benzene rings is 1. The first-order valence-corrected chi connectivity index (χ1v) is 8.05. The monoisotopic (exact) mass is 330 g/mol. The number of imidazole rings is 1. The van der Waals surface area contributed by atoms with Gasteiger partial charge < -0.3 is 9.67 Å². The highest BCUT2D eigenvalue weighted by Gasteiger charge is 2.40. The fourth-order valence-electron chi connectivity index (χ4n) is 3.48. The molecule has 0 bridgehead atoms. The van der Waals surface area contributed by atoms with Crippen molar-refractivity contribution in [3.8, 4) is 0 Å². The van der Waals surface area contributed by atoms with Crippen LogP contribution in [0.2, 0.25) is 0 Å². The van der Waals surface area contributed by atoms with Gasteiger partial charge in [0.25, 0.3) is 0 Å². The molecule has 3 aromatic rings. The predicted octanol–water partition coefficient (Wildman–Crippen LogP) is 1.41. The van der Waals surface area contributed by atoms with Crippen molar-refractivity contribution in [3.05, 3.63) is 41.7 Å². The molecule has 3 heterocycles. The second-order valence-corrected chi connectivity index (χ2v) is 6.23. The van der Waals surface area contributed by atoms with Crippen molar-refractivity contribution in [1.29, 1.82) is 0 Å². The number of aromatic nitrogens is 5. The van der Waals surface area contributed by atoms with Gasteiger partial charge >= 0.3 is 0 Å². The standard InChI is InChI=1S/C16H19FN6O/c1-2-23-12-5-3-4-11(17)15(12)19-14(23)9-22-7-6-16(24,10-22)13-8-18-21-20-13/h3-5,8,24H,2,6-7,9-10H2,1H3,(H,18,20,21). The summed E-state index contributed by atoms with van der Waals surface area (Å²) in [5, 5.41) is 21.1. The Labute approximate surface area is 138 Å². The molecule has 2 N–H and O–H groups in total. The van der Waals surface area contributed by atoms with Crippen LogP contribution in [-0.2, 0) is 18.7 Å². The molecule has 1 saturated heterocycles. The fourth-order valence-corrected chi connectivity index (χ4v) is 3.48. The van der Waals surface area contributed by atoms with Crippen molar-refractivity contribution in [2.24, 2.45) is 0 Å². The van der Waals surface area contributed by atoms with E-state index in [0.717, 1.165) is 24.4 Å². The summed E-state index contributed by atoms with van der Waals surface area (Å²) in [7, 11) is 0. The number of nitrogens with zero attached hydrogens (tertiary/aromatic N) is 5. The number of para-hydroxylation sites is 1. The normalized spacial score (nSPS) is 21.8. The van der Waals surface area contributed by atoms with Crippen molar-refractivity contribution in [2.45, 2.75) is 32.0 Å². The van der Waals surface area contributed by atoms with Gasteiger partial charge in [-0.15, -0.1) is 0 Å². The number of nitrogens with one attached hydrogen (secondary N) is 1. The van der Waals surface area contributed by atoms with Gasteiger partial charge in [0, 0.05) is 19.6 Å². The maximum absolute atomic E-state index is 14.0. The highest BCUT2D eigenvalue weighted by atomic mass is 19.1. The molecule has 4 rings (SSSR count). The molecule has 1 aliphatic rings. The predicted molar refractivity (Wildman–Crippen MR) is 85.5 cm³/mol. The van der Waals surface area contributed by atoms with E-state index in [9.17, 15) is 9.50 Å². The first kappa shape index (κ1) is 15.2. The Morgan fingerprint density at radius 1 is 1.42 bits per heavy atom. The van der Waals surface area contributed by atoms with Crippen LogP contribution >= 0.6 is 0 Å². The molecule has 8 heteroatoms. The average Bonchev–Trinajstić information content (AvgIpc) is 3.27. The first-order chi connectivity index (χ1) is 11.6. The molecule has 1 aliphatic heterocycles. The summed E-state index contributed by atoms with van der Waals surface area (Å²) in [6.45, 7) is 4.47. The van der Waals surface area contributed by atoms with Crippen molar-refractivity contribution in [3.63, 3.8) is 0 Å². The van der Waals surface area contributed by atoms with Gasteiger partial charge in [-0.1, -0.05) is 6.07 Å². The number of aromatic amines is 1. The van der Waals surface area contributed by atoms with E-state index < -0.39 is 5.60 Å².